The van der Waals surface area contributed by atoms with Crippen LogP contribution in [-0.2, 0) is 11.3 Å². The summed E-state index contributed by atoms with van der Waals surface area (Å²) in [5, 5.41) is 5.90. The molecular formula is C19H13BrClN3O3. The second kappa shape index (κ2) is 7.17. The number of esters is 1. The minimum atomic E-state index is -0.591. The van der Waals surface area contributed by atoms with Gasteiger partial charge in [-0.2, -0.15) is 5.10 Å². The van der Waals surface area contributed by atoms with Crippen LogP contribution in [0.4, 0.5) is 0 Å². The Labute approximate surface area is 167 Å². The van der Waals surface area contributed by atoms with E-state index in [1.165, 1.54) is 18.0 Å². The summed E-state index contributed by atoms with van der Waals surface area (Å²) >= 11 is 10.0. The second-order valence-corrected chi connectivity index (χ2v) is 6.98. The Bertz CT molecular complexity index is 1160. The molecule has 0 unspecified atom stereocenters. The number of ether oxygens (including phenoxy) is 2. The number of nitrogens with zero attached hydrogens (tertiary/aromatic N) is 3. The van der Waals surface area contributed by atoms with Crippen molar-refractivity contribution >= 4 is 49.9 Å². The molecule has 4 rings (SSSR count). The Hall–Kier alpha value is -2.64. The second-order valence-electron chi connectivity index (χ2n) is 5.72. The molecule has 4 aromatic rings. The van der Waals surface area contributed by atoms with E-state index in [0.717, 1.165) is 10.0 Å². The Kier molecular flexibility index (Phi) is 4.72. The molecule has 0 radical (unpaired) electrons. The van der Waals surface area contributed by atoms with Crippen LogP contribution in [0.25, 0.3) is 16.4 Å². The van der Waals surface area contributed by atoms with Gasteiger partial charge in [-0.05, 0) is 17.7 Å². The smallest absolute Gasteiger partial charge is 0.360 e. The Morgan fingerprint density at radius 3 is 2.70 bits per heavy atom. The van der Waals surface area contributed by atoms with E-state index in [1.807, 2.05) is 36.4 Å². The molecule has 0 aliphatic carbocycles. The van der Waals surface area contributed by atoms with Gasteiger partial charge < -0.3 is 9.47 Å². The first-order chi connectivity index (χ1) is 13.1. The fraction of sp³-hybridized carbons (Fsp3) is 0.105. The highest BCUT2D eigenvalue weighted by atomic mass is 79.9. The van der Waals surface area contributed by atoms with Crippen molar-refractivity contribution in [3.8, 4) is 5.75 Å². The molecule has 0 bridgehead atoms. The van der Waals surface area contributed by atoms with Gasteiger partial charge in [0.15, 0.2) is 17.1 Å². The molecule has 0 saturated heterocycles. The van der Waals surface area contributed by atoms with Crippen molar-refractivity contribution in [1.82, 2.24) is 14.6 Å². The van der Waals surface area contributed by atoms with Crippen LogP contribution in [0, 0.1) is 0 Å². The molecule has 6 nitrogen and oxygen atoms in total. The number of carbonyl (C=O) groups excluding carboxylic acids is 1. The molecule has 0 aliphatic rings. The highest BCUT2D eigenvalue weighted by Gasteiger charge is 2.26. The van der Waals surface area contributed by atoms with Crippen molar-refractivity contribution in [2.75, 3.05) is 7.11 Å². The average Bonchev–Trinajstić information content (AvgIpc) is 3.17. The highest BCUT2D eigenvalue weighted by Crippen LogP contribution is 2.41. The molecular weight excluding hydrogens is 434 g/mol. The number of methoxy groups -OCH3 is 1. The van der Waals surface area contributed by atoms with Crippen LogP contribution in [0.15, 0.2) is 53.3 Å². The van der Waals surface area contributed by atoms with E-state index in [-0.39, 0.29) is 12.3 Å². The fourth-order valence-corrected chi connectivity index (χ4v) is 3.68. The molecule has 0 saturated carbocycles. The van der Waals surface area contributed by atoms with Gasteiger partial charge in [-0.25, -0.2) is 14.3 Å². The van der Waals surface area contributed by atoms with Gasteiger partial charge in [0.25, 0.3) is 0 Å². The van der Waals surface area contributed by atoms with Gasteiger partial charge in [0.05, 0.1) is 12.1 Å². The lowest BCUT2D eigenvalue weighted by Crippen LogP contribution is -2.13. The van der Waals surface area contributed by atoms with Crippen LogP contribution in [0.1, 0.15) is 16.1 Å². The minimum Gasteiger partial charge on any atom is -0.486 e. The van der Waals surface area contributed by atoms with E-state index in [4.69, 9.17) is 21.1 Å². The first-order valence-corrected chi connectivity index (χ1v) is 9.17. The third-order valence-corrected chi connectivity index (χ3v) is 5.11. The van der Waals surface area contributed by atoms with Crippen LogP contribution < -0.4 is 4.74 Å². The largest absolute Gasteiger partial charge is 0.486 e. The van der Waals surface area contributed by atoms with E-state index in [9.17, 15) is 4.79 Å². The summed E-state index contributed by atoms with van der Waals surface area (Å²) in [6, 6.07) is 13.2. The van der Waals surface area contributed by atoms with Gasteiger partial charge >= 0.3 is 5.97 Å². The van der Waals surface area contributed by atoms with Crippen LogP contribution in [0.2, 0.25) is 5.02 Å². The summed E-state index contributed by atoms with van der Waals surface area (Å²) < 4.78 is 13.2. The van der Waals surface area contributed by atoms with E-state index in [1.54, 1.807) is 6.07 Å². The van der Waals surface area contributed by atoms with Crippen molar-refractivity contribution in [3.05, 3.63) is 69.5 Å². The highest BCUT2D eigenvalue weighted by molar-refractivity contribution is 9.10. The zero-order chi connectivity index (χ0) is 19.0. The summed E-state index contributed by atoms with van der Waals surface area (Å²) in [5.41, 5.74) is 1.56. The van der Waals surface area contributed by atoms with E-state index in [0.29, 0.717) is 27.2 Å². The average molecular weight is 447 g/mol. The predicted molar refractivity (Wildman–Crippen MR) is 105 cm³/mol. The van der Waals surface area contributed by atoms with Gasteiger partial charge in [-0.1, -0.05) is 57.9 Å². The quantitative estimate of drug-likeness (QED) is 0.426. The predicted octanol–water partition coefficient (Wildman–Crippen LogP) is 4.66. The van der Waals surface area contributed by atoms with Gasteiger partial charge in [-0.15, -0.1) is 0 Å². The van der Waals surface area contributed by atoms with E-state index < -0.39 is 5.97 Å². The molecule has 8 heteroatoms. The van der Waals surface area contributed by atoms with Crippen LogP contribution in [-0.4, -0.2) is 27.7 Å². The Balaban J connectivity index is 2.03. The SMILES string of the molecule is COC(=O)c1c(OCc2ccccc2)c2c(Cl)ccc(Br)c2c2ncnn12. The molecule has 2 heterocycles. The first kappa shape index (κ1) is 17.8. The van der Waals surface area contributed by atoms with Crippen molar-refractivity contribution in [1.29, 1.82) is 0 Å². The third-order valence-electron chi connectivity index (χ3n) is 4.13. The molecule has 0 N–H and O–H groups in total. The number of benzene rings is 2. The van der Waals surface area contributed by atoms with Crippen molar-refractivity contribution in [3.63, 3.8) is 0 Å². The molecule has 2 aromatic carbocycles. The number of fused-ring (bicyclic) bond motifs is 3. The Morgan fingerprint density at radius 2 is 1.96 bits per heavy atom. The van der Waals surface area contributed by atoms with Crippen LogP contribution >= 0.6 is 27.5 Å². The summed E-state index contributed by atoms with van der Waals surface area (Å²) in [4.78, 5) is 16.8. The van der Waals surface area contributed by atoms with E-state index >= 15 is 0 Å². The van der Waals surface area contributed by atoms with Crippen LogP contribution in [0.5, 0.6) is 5.75 Å². The monoisotopic (exact) mass is 445 g/mol. The lowest BCUT2D eigenvalue weighted by molar-refractivity contribution is 0.0585. The van der Waals surface area contributed by atoms with E-state index in [2.05, 4.69) is 26.0 Å². The number of halogens is 2. The summed E-state index contributed by atoms with van der Waals surface area (Å²) in [7, 11) is 1.30. The van der Waals surface area contributed by atoms with Gasteiger partial charge in [0.2, 0.25) is 0 Å². The number of rotatable bonds is 4. The van der Waals surface area contributed by atoms with Crippen molar-refractivity contribution in [2.45, 2.75) is 6.61 Å². The maximum absolute atomic E-state index is 12.6. The summed E-state index contributed by atoms with van der Waals surface area (Å²) in [5.74, 6) is -0.295. The zero-order valence-corrected chi connectivity index (χ0v) is 16.5. The van der Waals surface area contributed by atoms with Gasteiger partial charge in [0.1, 0.15) is 12.9 Å². The molecule has 27 heavy (non-hydrogen) atoms. The van der Waals surface area contributed by atoms with Crippen LogP contribution in [0.3, 0.4) is 0 Å². The standard InChI is InChI=1S/C19H13BrClN3O3/c1-26-19(25)16-17(27-9-11-5-3-2-4-6-11)15-13(21)8-7-12(20)14(15)18-22-10-23-24(16)18/h2-8,10H,9H2,1H3. The number of hydrogen-bond acceptors (Lipinski definition) is 5. The number of hydrogen-bond donors (Lipinski definition) is 0. The number of carbonyl (C=O) groups is 1. The van der Waals surface area contributed by atoms with Crippen molar-refractivity contribution < 1.29 is 14.3 Å². The Morgan fingerprint density at radius 1 is 1.19 bits per heavy atom. The number of aromatic nitrogens is 3. The molecule has 0 amide bonds. The van der Waals surface area contributed by atoms with Gasteiger partial charge in [0, 0.05) is 15.2 Å². The molecule has 0 fully saturated rings. The first-order valence-electron chi connectivity index (χ1n) is 8.00. The summed E-state index contributed by atoms with van der Waals surface area (Å²) in [6.45, 7) is 0.253. The normalized spacial score (nSPS) is 11.1. The minimum absolute atomic E-state index is 0.133. The van der Waals surface area contributed by atoms with Crippen molar-refractivity contribution in [2.24, 2.45) is 0 Å². The fourth-order valence-electron chi connectivity index (χ4n) is 2.93. The van der Waals surface area contributed by atoms with Gasteiger partial charge in [-0.3, -0.25) is 0 Å². The molecule has 2 aromatic heterocycles. The number of pyridine rings is 1. The molecule has 0 spiro atoms. The molecule has 0 atom stereocenters. The lowest BCUT2D eigenvalue weighted by atomic mass is 10.1. The summed E-state index contributed by atoms with van der Waals surface area (Å²) in [6.07, 6.45) is 1.37. The zero-order valence-electron chi connectivity index (χ0n) is 14.1. The third kappa shape index (κ3) is 3.02. The lowest BCUT2D eigenvalue weighted by Gasteiger charge is -2.16. The maximum Gasteiger partial charge on any atom is 0.360 e. The molecule has 136 valence electrons. The molecule has 0 aliphatic heterocycles. The topological polar surface area (TPSA) is 65.7 Å². The maximum atomic E-state index is 12.6.